The van der Waals surface area contributed by atoms with E-state index in [4.69, 9.17) is 23.2 Å². The van der Waals surface area contributed by atoms with Crippen LogP contribution < -0.4 is 0 Å². The zero-order chi connectivity index (χ0) is 32.4. The van der Waals surface area contributed by atoms with Gasteiger partial charge in [0.2, 0.25) is 0 Å². The molecule has 0 atom stereocenters. The Labute approximate surface area is 284 Å². The van der Waals surface area contributed by atoms with Crippen LogP contribution in [0.4, 0.5) is 0 Å². The van der Waals surface area contributed by atoms with Crippen LogP contribution in [0.5, 0.6) is 0 Å². The van der Waals surface area contributed by atoms with Crippen LogP contribution in [0.3, 0.4) is 0 Å². The van der Waals surface area contributed by atoms with E-state index in [1.165, 1.54) is 62.5 Å². The second-order valence-electron chi connectivity index (χ2n) is 16.6. The molecule has 0 unspecified atom stereocenters. The van der Waals surface area contributed by atoms with Gasteiger partial charge in [0.25, 0.3) is 0 Å². The van der Waals surface area contributed by atoms with Crippen molar-refractivity contribution in [3.63, 3.8) is 0 Å². The lowest BCUT2D eigenvalue weighted by Crippen LogP contribution is -2.57. The number of aliphatic carboxylic acids is 2. The Balaban J connectivity index is 0.000000147. The molecule has 6 heteroatoms. The molecule has 0 aliphatic heterocycles. The van der Waals surface area contributed by atoms with Crippen LogP contribution >= 0.6 is 23.2 Å². The zero-order valence-corrected chi connectivity index (χ0v) is 28.9. The van der Waals surface area contributed by atoms with Crippen molar-refractivity contribution in [1.82, 2.24) is 0 Å². The number of carbonyl (C=O) groups is 2. The van der Waals surface area contributed by atoms with Crippen LogP contribution in [0.1, 0.15) is 89.2 Å². The number of carboxylic acid groups (broad SMARTS) is 2. The van der Waals surface area contributed by atoms with E-state index in [1.54, 1.807) is 0 Å². The minimum absolute atomic E-state index is 0.0349. The maximum absolute atomic E-state index is 11.7. The summed E-state index contributed by atoms with van der Waals surface area (Å²) in [5.74, 6) is 6.12. The molecule has 2 aromatic carbocycles. The molecule has 46 heavy (non-hydrogen) atoms. The van der Waals surface area contributed by atoms with E-state index in [1.807, 2.05) is 30.3 Å². The first-order valence-electron chi connectivity index (χ1n) is 17.9. The third kappa shape index (κ3) is 5.82. The predicted molar refractivity (Wildman–Crippen MR) is 183 cm³/mol. The van der Waals surface area contributed by atoms with Gasteiger partial charge in [-0.05, 0) is 170 Å². The molecule has 10 rings (SSSR count). The van der Waals surface area contributed by atoms with Gasteiger partial charge in [0.1, 0.15) is 0 Å². The fourth-order valence-electron chi connectivity index (χ4n) is 12.6. The fourth-order valence-corrected chi connectivity index (χ4v) is 12.9. The lowest BCUT2D eigenvalue weighted by molar-refractivity contribution is -0.163. The zero-order valence-electron chi connectivity index (χ0n) is 27.3. The van der Waals surface area contributed by atoms with E-state index in [9.17, 15) is 19.8 Å². The van der Waals surface area contributed by atoms with Crippen molar-refractivity contribution in [2.75, 3.05) is 0 Å². The lowest BCUT2D eigenvalue weighted by atomic mass is 9.41. The maximum atomic E-state index is 11.7. The summed E-state index contributed by atoms with van der Waals surface area (Å²) in [7, 11) is 0. The molecule has 8 saturated carbocycles. The van der Waals surface area contributed by atoms with Crippen LogP contribution in [0.2, 0.25) is 10.0 Å². The first-order chi connectivity index (χ1) is 22.0. The van der Waals surface area contributed by atoms with Gasteiger partial charge in [0, 0.05) is 10.0 Å². The van der Waals surface area contributed by atoms with Gasteiger partial charge in [-0.3, -0.25) is 9.59 Å². The normalized spacial score (nSPS) is 41.2. The molecular weight excluding hydrogens is 615 g/mol. The lowest BCUT2D eigenvalue weighted by Gasteiger charge is -2.63. The van der Waals surface area contributed by atoms with Gasteiger partial charge >= 0.3 is 11.9 Å². The van der Waals surface area contributed by atoms with Gasteiger partial charge in [-0.25, -0.2) is 0 Å². The highest BCUT2D eigenvalue weighted by molar-refractivity contribution is 6.30. The summed E-state index contributed by atoms with van der Waals surface area (Å²) in [4.78, 5) is 23.4. The number of carboxylic acids is 2. The monoisotopic (exact) mass is 664 g/mol. The summed E-state index contributed by atoms with van der Waals surface area (Å²) in [6.45, 7) is 4.84. The highest BCUT2D eigenvalue weighted by Gasteiger charge is 2.60. The van der Waals surface area contributed by atoms with Crippen LogP contribution in [0, 0.1) is 70.0 Å². The molecule has 0 saturated heterocycles. The van der Waals surface area contributed by atoms with Gasteiger partial charge < -0.3 is 10.2 Å². The minimum atomic E-state index is -0.632. The van der Waals surface area contributed by atoms with Gasteiger partial charge in [0.05, 0.1) is 12.8 Å². The third-order valence-corrected chi connectivity index (χ3v) is 15.2. The first-order valence-corrected chi connectivity index (χ1v) is 18.6. The van der Waals surface area contributed by atoms with Gasteiger partial charge in [-0.1, -0.05) is 61.3 Å². The molecule has 0 heterocycles. The van der Waals surface area contributed by atoms with Gasteiger partial charge in [-0.2, -0.15) is 0 Å². The number of benzene rings is 2. The SMILES string of the molecule is CC1C2CC3CC1CC(C2)C3(CC(=O)O)Cc1ccc(Cl)cc1.CC1C2CC3CC1CC(C2)C3(CC(=O)O)Cc1cccc(Cl)c1. The van der Waals surface area contributed by atoms with Crippen molar-refractivity contribution in [2.24, 2.45) is 70.0 Å². The summed E-state index contributed by atoms with van der Waals surface area (Å²) in [5, 5.41) is 20.7. The Bertz CT molecular complexity index is 1390. The first kappa shape index (κ1) is 32.5. The summed E-state index contributed by atoms with van der Waals surface area (Å²) in [5.41, 5.74) is 2.37. The molecule has 0 amide bonds. The molecule has 2 aromatic rings. The van der Waals surface area contributed by atoms with Crippen LogP contribution in [-0.2, 0) is 22.4 Å². The van der Waals surface area contributed by atoms with Gasteiger partial charge in [0.15, 0.2) is 0 Å². The predicted octanol–water partition coefficient (Wildman–Crippen LogP) is 10.1. The summed E-state index contributed by atoms with van der Waals surface area (Å²) >= 11 is 12.2. The largest absolute Gasteiger partial charge is 0.481 e. The van der Waals surface area contributed by atoms with Crippen LogP contribution in [-0.4, -0.2) is 22.2 Å². The van der Waals surface area contributed by atoms with E-state index >= 15 is 0 Å². The van der Waals surface area contributed by atoms with Crippen molar-refractivity contribution in [3.8, 4) is 0 Å². The molecule has 0 aromatic heterocycles. The highest BCUT2D eigenvalue weighted by Crippen LogP contribution is 2.67. The molecule has 8 aliphatic rings. The van der Waals surface area contributed by atoms with Crippen molar-refractivity contribution in [1.29, 1.82) is 0 Å². The number of halogens is 2. The molecule has 248 valence electrons. The van der Waals surface area contributed by atoms with E-state index in [0.29, 0.717) is 36.5 Å². The topological polar surface area (TPSA) is 74.6 Å². The van der Waals surface area contributed by atoms with Crippen LogP contribution in [0.15, 0.2) is 48.5 Å². The van der Waals surface area contributed by atoms with Crippen molar-refractivity contribution in [3.05, 3.63) is 69.7 Å². The minimum Gasteiger partial charge on any atom is -0.481 e. The van der Waals surface area contributed by atoms with E-state index < -0.39 is 11.9 Å². The Morgan fingerprint density at radius 3 is 1.37 bits per heavy atom. The molecule has 8 fully saturated rings. The Morgan fingerprint density at radius 2 is 1.00 bits per heavy atom. The summed E-state index contributed by atoms with van der Waals surface area (Å²) in [6, 6.07) is 16.1. The third-order valence-electron chi connectivity index (χ3n) is 14.8. The van der Waals surface area contributed by atoms with Gasteiger partial charge in [-0.15, -0.1) is 0 Å². The molecule has 2 N–H and O–H groups in total. The molecular formula is C40H50Cl2O4. The average Bonchev–Trinajstić information content (AvgIpc) is 2.97. The van der Waals surface area contributed by atoms with E-state index in [0.717, 1.165) is 58.4 Å². The average molecular weight is 666 g/mol. The van der Waals surface area contributed by atoms with E-state index in [-0.39, 0.29) is 10.8 Å². The summed E-state index contributed by atoms with van der Waals surface area (Å²) < 4.78 is 0. The van der Waals surface area contributed by atoms with Crippen molar-refractivity contribution in [2.45, 2.75) is 90.9 Å². The Hall–Kier alpha value is -2.04. The summed E-state index contributed by atoms with van der Waals surface area (Å²) in [6.07, 6.45) is 12.4. The highest BCUT2D eigenvalue weighted by atomic mass is 35.5. The number of hydrogen-bond donors (Lipinski definition) is 2. The number of rotatable bonds is 8. The molecule has 4 nitrogen and oxygen atoms in total. The fraction of sp³-hybridized carbons (Fsp3) is 0.650. The standard InChI is InChI=1S/2C20H25ClO2/c1-12-14-6-16-8-15(12)9-17(7-14)20(16,11-19(22)23)10-13-2-4-18(21)5-3-13;1-12-14-6-16-8-15(12)9-17(7-14)20(16,11-19(22)23)10-13-3-2-4-18(21)5-13/h2*2-5,12,14-17H,6-11H2,1H3,(H,22,23). The second-order valence-corrected chi connectivity index (χ2v) is 17.5. The molecule has 0 spiro atoms. The van der Waals surface area contributed by atoms with Crippen molar-refractivity contribution >= 4 is 35.1 Å². The quantitative estimate of drug-likeness (QED) is 0.294. The van der Waals surface area contributed by atoms with E-state index in [2.05, 4.69) is 32.0 Å². The van der Waals surface area contributed by atoms with Crippen LogP contribution in [0.25, 0.3) is 0 Å². The molecule has 8 aliphatic carbocycles. The Kier molecular flexibility index (Phi) is 8.79. The maximum Gasteiger partial charge on any atom is 0.303 e. The number of hydrogen-bond acceptors (Lipinski definition) is 2. The molecule has 0 radical (unpaired) electrons. The smallest absolute Gasteiger partial charge is 0.303 e. The van der Waals surface area contributed by atoms with Crippen molar-refractivity contribution < 1.29 is 19.8 Å². The Morgan fingerprint density at radius 1 is 0.609 bits per heavy atom. The molecule has 8 bridgehead atoms. The second kappa shape index (κ2) is 12.4.